The van der Waals surface area contributed by atoms with Gasteiger partial charge in [-0.05, 0) is 31.6 Å². The average molecular weight is 278 g/mol. The molecule has 1 saturated carbocycles. The van der Waals surface area contributed by atoms with Crippen molar-refractivity contribution in [2.24, 2.45) is 5.92 Å². The number of hydrogen-bond acceptors (Lipinski definition) is 4. The summed E-state index contributed by atoms with van der Waals surface area (Å²) >= 11 is 0. The van der Waals surface area contributed by atoms with Crippen LogP contribution in [0.4, 0.5) is 0 Å². The third kappa shape index (κ3) is 3.58. The highest BCUT2D eigenvalue weighted by atomic mass is 16.5. The summed E-state index contributed by atoms with van der Waals surface area (Å²) in [6.07, 6.45) is 7.91. The Morgan fingerprint density at radius 3 is 2.75 bits per heavy atom. The molecule has 3 rings (SSSR count). The van der Waals surface area contributed by atoms with Crippen LogP contribution in [0.2, 0.25) is 0 Å². The van der Waals surface area contributed by atoms with Gasteiger partial charge >= 0.3 is 0 Å². The normalized spacial score (nSPS) is 23.4. The van der Waals surface area contributed by atoms with Gasteiger partial charge in [-0.25, -0.2) is 4.98 Å². The van der Waals surface area contributed by atoms with Crippen LogP contribution in [-0.2, 0) is 17.7 Å². The monoisotopic (exact) mass is 278 g/mol. The fourth-order valence-electron chi connectivity index (χ4n) is 3.10. The Kier molecular flexibility index (Phi) is 4.68. The molecule has 0 bridgehead atoms. The lowest BCUT2D eigenvalue weighted by Gasteiger charge is -2.33. The minimum Gasteiger partial charge on any atom is -0.377 e. The van der Waals surface area contributed by atoms with Gasteiger partial charge in [-0.15, -0.1) is 0 Å². The third-order valence-electron chi connectivity index (χ3n) is 4.49. The van der Waals surface area contributed by atoms with Crippen molar-refractivity contribution in [1.82, 2.24) is 20.1 Å². The lowest BCUT2D eigenvalue weighted by Crippen LogP contribution is -2.37. The summed E-state index contributed by atoms with van der Waals surface area (Å²) in [4.78, 5) is 7.06. The van der Waals surface area contributed by atoms with E-state index in [1.54, 1.807) is 0 Å². The van der Waals surface area contributed by atoms with Gasteiger partial charge in [-0.3, -0.25) is 10.00 Å². The van der Waals surface area contributed by atoms with E-state index in [0.717, 1.165) is 43.7 Å². The minimum absolute atomic E-state index is 0.420. The highest BCUT2D eigenvalue weighted by molar-refractivity contribution is 4.91. The van der Waals surface area contributed by atoms with Crippen LogP contribution >= 0.6 is 0 Å². The number of aromatic amines is 1. The van der Waals surface area contributed by atoms with Crippen molar-refractivity contribution in [2.75, 3.05) is 19.7 Å². The van der Waals surface area contributed by atoms with Gasteiger partial charge in [0.2, 0.25) is 0 Å². The molecule has 1 unspecified atom stereocenters. The zero-order valence-electron chi connectivity index (χ0n) is 12.5. The fraction of sp³-hybridized carbons (Fsp3) is 0.867. The molecule has 5 nitrogen and oxygen atoms in total. The molecular weight excluding hydrogens is 252 g/mol. The van der Waals surface area contributed by atoms with E-state index in [9.17, 15) is 0 Å². The maximum atomic E-state index is 5.79. The van der Waals surface area contributed by atoms with E-state index in [-0.39, 0.29) is 0 Å². The van der Waals surface area contributed by atoms with Crippen LogP contribution in [0.1, 0.15) is 50.7 Å². The Morgan fingerprint density at radius 1 is 1.25 bits per heavy atom. The summed E-state index contributed by atoms with van der Waals surface area (Å²) in [6.45, 7) is 6.12. The number of ether oxygens (including phenoxy) is 1. The molecule has 1 aromatic heterocycles. The van der Waals surface area contributed by atoms with Crippen LogP contribution in [0.25, 0.3) is 0 Å². The van der Waals surface area contributed by atoms with Gasteiger partial charge in [0, 0.05) is 26.1 Å². The molecule has 20 heavy (non-hydrogen) atoms. The minimum atomic E-state index is 0.420. The molecule has 0 spiro atoms. The molecule has 112 valence electrons. The molecule has 0 radical (unpaired) electrons. The summed E-state index contributed by atoms with van der Waals surface area (Å²) in [5, 5.41) is 7.32. The quantitative estimate of drug-likeness (QED) is 0.830. The standard InChI is InChI=1S/C15H26N4O/c1-2-14-16-15(18-17-14)11-19(9-12-5-3-6-12)10-13-7-4-8-20-13/h12-13H,2-11H2,1H3,(H,16,17,18). The van der Waals surface area contributed by atoms with Crippen molar-refractivity contribution < 1.29 is 4.74 Å². The van der Waals surface area contributed by atoms with Crippen LogP contribution in [0, 0.1) is 5.92 Å². The van der Waals surface area contributed by atoms with Crippen molar-refractivity contribution in [3.05, 3.63) is 11.6 Å². The summed E-state index contributed by atoms with van der Waals surface area (Å²) < 4.78 is 5.79. The fourth-order valence-corrected chi connectivity index (χ4v) is 3.10. The van der Waals surface area contributed by atoms with E-state index < -0.39 is 0 Å². The highest BCUT2D eigenvalue weighted by Crippen LogP contribution is 2.28. The van der Waals surface area contributed by atoms with Gasteiger partial charge in [0.05, 0.1) is 12.6 Å². The predicted molar refractivity (Wildman–Crippen MR) is 77.4 cm³/mol. The van der Waals surface area contributed by atoms with Crippen LogP contribution < -0.4 is 0 Å². The Labute approximate surface area is 121 Å². The van der Waals surface area contributed by atoms with Gasteiger partial charge in [-0.1, -0.05) is 13.3 Å². The summed E-state index contributed by atoms with van der Waals surface area (Å²) in [7, 11) is 0. The van der Waals surface area contributed by atoms with Gasteiger partial charge in [0.1, 0.15) is 11.6 Å². The van der Waals surface area contributed by atoms with Crippen molar-refractivity contribution in [3.8, 4) is 0 Å². The van der Waals surface area contributed by atoms with E-state index in [0.29, 0.717) is 6.10 Å². The molecule has 2 aliphatic rings. The molecule has 1 aliphatic heterocycles. The highest BCUT2D eigenvalue weighted by Gasteiger charge is 2.25. The van der Waals surface area contributed by atoms with E-state index in [2.05, 4.69) is 27.0 Å². The molecule has 1 atom stereocenters. The van der Waals surface area contributed by atoms with Crippen LogP contribution in [-0.4, -0.2) is 45.9 Å². The molecule has 1 aliphatic carbocycles. The summed E-state index contributed by atoms with van der Waals surface area (Å²) in [5.41, 5.74) is 0. The number of aryl methyl sites for hydroxylation is 1. The Hall–Kier alpha value is -0.940. The second-order valence-corrected chi connectivity index (χ2v) is 6.18. The summed E-state index contributed by atoms with van der Waals surface area (Å²) in [5.74, 6) is 2.80. The first-order valence-electron chi connectivity index (χ1n) is 8.07. The number of aromatic nitrogens is 3. The molecule has 1 saturated heterocycles. The first-order chi connectivity index (χ1) is 9.83. The zero-order valence-corrected chi connectivity index (χ0v) is 12.5. The molecule has 2 fully saturated rings. The maximum Gasteiger partial charge on any atom is 0.150 e. The van der Waals surface area contributed by atoms with Crippen molar-refractivity contribution >= 4 is 0 Å². The maximum absolute atomic E-state index is 5.79. The SMILES string of the molecule is CCc1n[nH]c(CN(CC2CCC2)CC2CCCO2)n1. The van der Waals surface area contributed by atoms with Gasteiger partial charge in [0.25, 0.3) is 0 Å². The lowest BCUT2D eigenvalue weighted by molar-refractivity contribution is 0.0570. The Bertz CT molecular complexity index is 410. The van der Waals surface area contributed by atoms with Crippen molar-refractivity contribution in [2.45, 2.75) is 58.1 Å². The second-order valence-electron chi connectivity index (χ2n) is 6.18. The molecule has 0 amide bonds. The molecular formula is C15H26N4O. The van der Waals surface area contributed by atoms with E-state index >= 15 is 0 Å². The van der Waals surface area contributed by atoms with Crippen molar-refractivity contribution in [1.29, 1.82) is 0 Å². The summed E-state index contributed by atoms with van der Waals surface area (Å²) in [6, 6.07) is 0. The van der Waals surface area contributed by atoms with E-state index in [1.165, 1.54) is 38.6 Å². The van der Waals surface area contributed by atoms with E-state index in [1.807, 2.05) is 0 Å². The lowest BCUT2D eigenvalue weighted by atomic mass is 9.85. The average Bonchev–Trinajstić information content (AvgIpc) is 3.05. The number of hydrogen-bond donors (Lipinski definition) is 1. The topological polar surface area (TPSA) is 54.0 Å². The zero-order chi connectivity index (χ0) is 13.8. The van der Waals surface area contributed by atoms with Gasteiger partial charge in [0.15, 0.2) is 0 Å². The molecule has 2 heterocycles. The number of H-pyrrole nitrogens is 1. The van der Waals surface area contributed by atoms with Crippen LogP contribution in [0.15, 0.2) is 0 Å². The largest absolute Gasteiger partial charge is 0.377 e. The van der Waals surface area contributed by atoms with Crippen LogP contribution in [0.5, 0.6) is 0 Å². The molecule has 1 aromatic rings. The molecule has 1 N–H and O–H groups in total. The second kappa shape index (κ2) is 6.68. The van der Waals surface area contributed by atoms with Gasteiger partial charge < -0.3 is 4.74 Å². The first kappa shape index (κ1) is 14.0. The number of rotatable bonds is 7. The van der Waals surface area contributed by atoms with Crippen molar-refractivity contribution in [3.63, 3.8) is 0 Å². The van der Waals surface area contributed by atoms with Crippen LogP contribution in [0.3, 0.4) is 0 Å². The first-order valence-corrected chi connectivity index (χ1v) is 8.07. The Balaban J connectivity index is 1.57. The number of nitrogens with one attached hydrogen (secondary N) is 1. The van der Waals surface area contributed by atoms with E-state index in [4.69, 9.17) is 4.74 Å². The molecule has 0 aromatic carbocycles. The smallest absolute Gasteiger partial charge is 0.150 e. The predicted octanol–water partition coefficient (Wildman–Crippen LogP) is 2.15. The molecule has 5 heteroatoms. The Morgan fingerprint density at radius 2 is 2.15 bits per heavy atom. The number of nitrogens with zero attached hydrogens (tertiary/aromatic N) is 3. The van der Waals surface area contributed by atoms with Gasteiger partial charge in [-0.2, -0.15) is 5.10 Å². The third-order valence-corrected chi connectivity index (χ3v) is 4.49.